The molecule has 4 heteroatoms. The van der Waals surface area contributed by atoms with Gasteiger partial charge in [-0.3, -0.25) is 4.79 Å². The van der Waals surface area contributed by atoms with Gasteiger partial charge in [-0.1, -0.05) is 30.7 Å². The van der Waals surface area contributed by atoms with Crippen molar-refractivity contribution in [2.75, 3.05) is 0 Å². The number of rotatable bonds is 4. The minimum Gasteiger partial charge on any atom is -0.335 e. The lowest BCUT2D eigenvalue weighted by molar-refractivity contribution is -0.136. The molecule has 4 rings (SSSR count). The van der Waals surface area contributed by atoms with E-state index in [1.54, 1.807) is 0 Å². The molecule has 0 unspecified atom stereocenters. The molecule has 0 spiro atoms. The Morgan fingerprint density at radius 3 is 2.44 bits per heavy atom. The van der Waals surface area contributed by atoms with E-state index in [-0.39, 0.29) is 5.92 Å². The van der Waals surface area contributed by atoms with E-state index in [1.165, 1.54) is 18.4 Å². The molecule has 2 fully saturated rings. The molecule has 1 heterocycles. The highest BCUT2D eigenvalue weighted by atomic mass is 35.5. The van der Waals surface area contributed by atoms with Gasteiger partial charge < -0.3 is 4.90 Å². The van der Waals surface area contributed by atoms with Crippen LogP contribution < -0.4 is 0 Å². The van der Waals surface area contributed by atoms with Crippen molar-refractivity contribution in [1.29, 1.82) is 0 Å². The highest BCUT2D eigenvalue weighted by molar-refractivity contribution is 6.30. The molecule has 2 aliphatic carbocycles. The predicted octanol–water partition coefficient (Wildman–Crippen LogP) is 5.82. The number of carbonyl (C=O) groups is 1. The lowest BCUT2D eigenvalue weighted by Crippen LogP contribution is -2.42. The summed E-state index contributed by atoms with van der Waals surface area (Å²) in [5.74, 6) is 1.34. The van der Waals surface area contributed by atoms with Crippen LogP contribution in [0.5, 0.6) is 0 Å². The molecule has 0 saturated heterocycles. The van der Waals surface area contributed by atoms with Crippen LogP contribution in [-0.2, 0) is 11.3 Å². The highest BCUT2D eigenvalue weighted by Gasteiger charge is 2.37. The summed E-state index contributed by atoms with van der Waals surface area (Å²) < 4.78 is 0. The van der Waals surface area contributed by atoms with Crippen LogP contribution in [0.3, 0.4) is 0 Å². The summed E-state index contributed by atoms with van der Waals surface area (Å²) in [4.78, 5) is 19.9. The number of hydrogen-bond donors (Lipinski definition) is 0. The van der Waals surface area contributed by atoms with Crippen molar-refractivity contribution in [3.8, 4) is 0 Å². The quantitative estimate of drug-likeness (QED) is 0.622. The van der Waals surface area contributed by atoms with Crippen molar-refractivity contribution < 1.29 is 4.79 Å². The first-order valence-corrected chi connectivity index (χ1v) is 10.7. The van der Waals surface area contributed by atoms with E-state index in [9.17, 15) is 4.79 Å². The first kappa shape index (κ1) is 18.7. The van der Waals surface area contributed by atoms with Crippen molar-refractivity contribution in [1.82, 2.24) is 9.88 Å². The van der Waals surface area contributed by atoms with Crippen LogP contribution in [0.2, 0.25) is 5.15 Å². The van der Waals surface area contributed by atoms with Gasteiger partial charge >= 0.3 is 0 Å². The number of aryl methyl sites for hydroxylation is 2. The molecular weight excluding hydrogens is 356 g/mol. The molecule has 27 heavy (non-hydrogen) atoms. The summed E-state index contributed by atoms with van der Waals surface area (Å²) >= 11 is 6.58. The van der Waals surface area contributed by atoms with Crippen LogP contribution >= 0.6 is 11.6 Å². The second-order valence-electron chi connectivity index (χ2n) is 8.69. The maximum Gasteiger partial charge on any atom is 0.226 e. The maximum atomic E-state index is 13.0. The van der Waals surface area contributed by atoms with Gasteiger partial charge in [-0.05, 0) is 75.5 Å². The van der Waals surface area contributed by atoms with Crippen LogP contribution in [0, 0.1) is 25.7 Å². The van der Waals surface area contributed by atoms with E-state index in [0.717, 1.165) is 53.6 Å². The zero-order chi connectivity index (χ0) is 19.1. The van der Waals surface area contributed by atoms with Crippen LogP contribution in [0.1, 0.15) is 62.1 Å². The molecule has 2 saturated carbocycles. The number of benzene rings is 1. The number of pyridine rings is 1. The van der Waals surface area contributed by atoms with E-state index in [1.807, 2.05) is 0 Å². The lowest BCUT2D eigenvalue weighted by atomic mass is 9.86. The molecule has 1 aromatic heterocycles. The molecule has 0 radical (unpaired) electrons. The third-order valence-corrected chi connectivity index (χ3v) is 6.73. The fourth-order valence-corrected chi connectivity index (χ4v) is 4.55. The molecule has 0 aliphatic heterocycles. The van der Waals surface area contributed by atoms with Crippen LogP contribution in [0.25, 0.3) is 10.9 Å². The van der Waals surface area contributed by atoms with Gasteiger partial charge in [0.15, 0.2) is 0 Å². The summed E-state index contributed by atoms with van der Waals surface area (Å²) in [6.07, 6.45) is 6.72. The second kappa shape index (κ2) is 7.43. The maximum absolute atomic E-state index is 13.0. The Balaban J connectivity index is 1.67. The fraction of sp³-hybridized carbons (Fsp3) is 0.565. The standard InChI is InChI=1S/C23H29ClN2O/c1-14-4-10-19(11-5-14)26(23(27)17-8-9-17)13-18-12-20-15(2)6-7-16(3)21(20)25-22(18)24/h6-7,12,14,17,19H,4-5,8-11,13H2,1-3H3. The molecule has 1 amide bonds. The largest absolute Gasteiger partial charge is 0.335 e. The SMILES string of the molecule is Cc1ccc(C)c2nc(Cl)c(CN(C(=O)C3CC3)C3CCC(C)CC3)cc12. The number of halogens is 1. The third-order valence-electron chi connectivity index (χ3n) is 6.41. The molecule has 2 aromatic rings. The van der Waals surface area contributed by atoms with Gasteiger partial charge in [0.05, 0.1) is 5.52 Å². The van der Waals surface area contributed by atoms with Gasteiger partial charge in [0.25, 0.3) is 0 Å². The average molecular weight is 385 g/mol. The fourth-order valence-electron chi connectivity index (χ4n) is 4.35. The van der Waals surface area contributed by atoms with E-state index in [2.05, 4.69) is 43.9 Å². The number of amides is 1. The zero-order valence-corrected chi connectivity index (χ0v) is 17.4. The summed E-state index contributed by atoms with van der Waals surface area (Å²) in [5, 5.41) is 1.68. The first-order valence-electron chi connectivity index (χ1n) is 10.3. The molecule has 1 aromatic carbocycles. The molecule has 0 bridgehead atoms. The Hall–Kier alpha value is -1.61. The van der Waals surface area contributed by atoms with Gasteiger partial charge in [0, 0.05) is 29.5 Å². The predicted molar refractivity (Wildman–Crippen MR) is 111 cm³/mol. The van der Waals surface area contributed by atoms with Crippen LogP contribution in [-0.4, -0.2) is 21.8 Å². The number of carbonyl (C=O) groups excluding carboxylic acids is 1. The van der Waals surface area contributed by atoms with E-state index >= 15 is 0 Å². The summed E-state index contributed by atoms with van der Waals surface area (Å²) in [7, 11) is 0. The van der Waals surface area contributed by atoms with E-state index < -0.39 is 0 Å². The average Bonchev–Trinajstić information content (AvgIpc) is 3.49. The normalized spacial score (nSPS) is 22.8. The number of fused-ring (bicyclic) bond motifs is 1. The Morgan fingerprint density at radius 1 is 1.11 bits per heavy atom. The monoisotopic (exact) mass is 384 g/mol. The lowest BCUT2D eigenvalue weighted by Gasteiger charge is -2.36. The molecule has 3 nitrogen and oxygen atoms in total. The highest BCUT2D eigenvalue weighted by Crippen LogP contribution is 2.36. The van der Waals surface area contributed by atoms with E-state index in [4.69, 9.17) is 16.6 Å². The van der Waals surface area contributed by atoms with Crippen LogP contribution in [0.4, 0.5) is 0 Å². The van der Waals surface area contributed by atoms with Gasteiger partial charge in [-0.15, -0.1) is 0 Å². The van der Waals surface area contributed by atoms with Gasteiger partial charge in [0.1, 0.15) is 5.15 Å². The zero-order valence-electron chi connectivity index (χ0n) is 16.6. The summed E-state index contributed by atoms with van der Waals surface area (Å²) in [6.45, 7) is 7.08. The second-order valence-corrected chi connectivity index (χ2v) is 9.05. The van der Waals surface area contributed by atoms with Gasteiger partial charge in [0.2, 0.25) is 5.91 Å². The topological polar surface area (TPSA) is 33.2 Å². The summed E-state index contributed by atoms with van der Waals surface area (Å²) in [6, 6.07) is 6.73. The van der Waals surface area contributed by atoms with Gasteiger partial charge in [-0.25, -0.2) is 4.98 Å². The van der Waals surface area contributed by atoms with Crippen LogP contribution in [0.15, 0.2) is 18.2 Å². The molecule has 144 valence electrons. The molecule has 0 atom stereocenters. The Labute approximate surface area is 167 Å². The Morgan fingerprint density at radius 2 is 1.78 bits per heavy atom. The van der Waals surface area contributed by atoms with Crippen molar-refractivity contribution in [2.24, 2.45) is 11.8 Å². The molecule has 2 aliphatic rings. The van der Waals surface area contributed by atoms with Crippen molar-refractivity contribution >= 4 is 28.4 Å². The minimum atomic E-state index is 0.237. The van der Waals surface area contributed by atoms with E-state index in [0.29, 0.717) is 23.6 Å². The number of aromatic nitrogens is 1. The van der Waals surface area contributed by atoms with Crippen molar-refractivity contribution in [3.63, 3.8) is 0 Å². The summed E-state index contributed by atoms with van der Waals surface area (Å²) in [5.41, 5.74) is 4.28. The number of nitrogens with zero attached hydrogens (tertiary/aromatic N) is 2. The Bertz CT molecular complexity index is 866. The Kier molecular flexibility index (Phi) is 5.15. The minimum absolute atomic E-state index is 0.237. The third kappa shape index (κ3) is 3.85. The smallest absolute Gasteiger partial charge is 0.226 e. The van der Waals surface area contributed by atoms with Crippen molar-refractivity contribution in [2.45, 2.75) is 71.9 Å². The van der Waals surface area contributed by atoms with Gasteiger partial charge in [-0.2, -0.15) is 0 Å². The van der Waals surface area contributed by atoms with Crippen molar-refractivity contribution in [3.05, 3.63) is 40.0 Å². The first-order chi connectivity index (χ1) is 12.9. The number of hydrogen-bond acceptors (Lipinski definition) is 2. The molecule has 0 N–H and O–H groups in total. The molecular formula is C23H29ClN2O.